The van der Waals surface area contributed by atoms with E-state index >= 15 is 0 Å². The monoisotopic (exact) mass is 390 g/mol. The fourth-order valence-corrected chi connectivity index (χ4v) is 4.59. The average Bonchev–Trinajstić information content (AvgIpc) is 2.74. The number of sulfonamides is 1. The van der Waals surface area contributed by atoms with Crippen LogP contribution in [-0.4, -0.2) is 61.6 Å². The lowest BCUT2D eigenvalue weighted by Crippen LogP contribution is -2.57. The Bertz CT molecular complexity index is 625. The van der Waals surface area contributed by atoms with Gasteiger partial charge in [0.05, 0.1) is 23.5 Å². The third kappa shape index (κ3) is 4.51. The van der Waals surface area contributed by atoms with Gasteiger partial charge in [0.25, 0.3) is 0 Å². The van der Waals surface area contributed by atoms with Crippen molar-refractivity contribution in [1.82, 2.24) is 9.62 Å². The van der Waals surface area contributed by atoms with Gasteiger partial charge in [-0.05, 0) is 61.3 Å². The maximum absolute atomic E-state index is 12.7. The second-order valence-corrected chi connectivity index (χ2v) is 12.0. The smallest absolute Gasteiger partial charge is 0.410 e. The SMILES string of the molecule is CC1OCC2(CCN(C(=O)OC(C)(C)C)CC2)C1NS(=O)(=O)C(C)(C)C. The fourth-order valence-electron chi connectivity index (χ4n) is 3.46. The average molecular weight is 391 g/mol. The molecule has 1 N–H and O–H groups in total. The highest BCUT2D eigenvalue weighted by Gasteiger charge is 2.52. The van der Waals surface area contributed by atoms with Crippen molar-refractivity contribution < 1.29 is 22.7 Å². The van der Waals surface area contributed by atoms with E-state index in [1.165, 1.54) is 0 Å². The Morgan fingerprint density at radius 1 is 1.15 bits per heavy atom. The number of amides is 1. The van der Waals surface area contributed by atoms with E-state index in [0.717, 1.165) is 0 Å². The van der Waals surface area contributed by atoms with Crippen molar-refractivity contribution in [3.05, 3.63) is 0 Å². The molecule has 8 heteroatoms. The summed E-state index contributed by atoms with van der Waals surface area (Å²) in [7, 11) is -3.48. The van der Waals surface area contributed by atoms with Gasteiger partial charge < -0.3 is 14.4 Å². The lowest BCUT2D eigenvalue weighted by Gasteiger charge is -2.43. The minimum atomic E-state index is -3.48. The van der Waals surface area contributed by atoms with Gasteiger partial charge in [0.15, 0.2) is 0 Å². The van der Waals surface area contributed by atoms with Gasteiger partial charge in [-0.3, -0.25) is 0 Å². The topological polar surface area (TPSA) is 84.9 Å². The van der Waals surface area contributed by atoms with Gasteiger partial charge in [0.2, 0.25) is 10.0 Å². The molecule has 0 aromatic heterocycles. The number of nitrogens with one attached hydrogen (secondary N) is 1. The normalized spacial score (nSPS) is 27.0. The molecular weight excluding hydrogens is 356 g/mol. The summed E-state index contributed by atoms with van der Waals surface area (Å²) in [4.78, 5) is 14.0. The van der Waals surface area contributed by atoms with Crippen LogP contribution in [0.3, 0.4) is 0 Å². The Morgan fingerprint density at radius 3 is 2.15 bits per heavy atom. The summed E-state index contributed by atoms with van der Waals surface area (Å²) in [5.41, 5.74) is -0.807. The minimum absolute atomic E-state index is 0.194. The number of hydrogen-bond donors (Lipinski definition) is 1. The van der Waals surface area contributed by atoms with Gasteiger partial charge in [-0.2, -0.15) is 0 Å². The molecule has 2 unspecified atom stereocenters. The Hall–Kier alpha value is -0.860. The summed E-state index contributed by atoms with van der Waals surface area (Å²) in [6.45, 7) is 14.1. The van der Waals surface area contributed by atoms with Gasteiger partial charge in [-0.1, -0.05) is 0 Å². The second-order valence-electron chi connectivity index (χ2n) is 9.56. The lowest BCUT2D eigenvalue weighted by molar-refractivity contribution is 0.00643. The zero-order chi connectivity index (χ0) is 20.0. The third-order valence-electron chi connectivity index (χ3n) is 5.26. The number of hydrogen-bond acceptors (Lipinski definition) is 5. The molecule has 2 saturated heterocycles. The molecule has 152 valence electrons. The first-order valence-corrected chi connectivity index (χ1v) is 10.8. The summed E-state index contributed by atoms with van der Waals surface area (Å²) >= 11 is 0. The number of carbonyl (C=O) groups excluding carboxylic acids is 1. The zero-order valence-corrected chi connectivity index (χ0v) is 17.9. The van der Waals surface area contributed by atoms with Gasteiger partial charge in [0, 0.05) is 18.5 Å². The van der Waals surface area contributed by atoms with Crippen molar-refractivity contribution in [3.8, 4) is 0 Å². The molecule has 0 bridgehead atoms. The van der Waals surface area contributed by atoms with Crippen LogP contribution in [0.15, 0.2) is 0 Å². The first-order valence-electron chi connectivity index (χ1n) is 9.28. The van der Waals surface area contributed by atoms with E-state index in [1.54, 1.807) is 25.7 Å². The summed E-state index contributed by atoms with van der Waals surface area (Å²) in [5, 5.41) is 0. The van der Waals surface area contributed by atoms with E-state index in [9.17, 15) is 13.2 Å². The number of nitrogens with zero attached hydrogens (tertiary/aromatic N) is 1. The number of piperidine rings is 1. The van der Waals surface area contributed by atoms with Crippen LogP contribution in [0.2, 0.25) is 0 Å². The van der Waals surface area contributed by atoms with Crippen LogP contribution in [0, 0.1) is 5.41 Å². The number of ether oxygens (including phenoxy) is 2. The minimum Gasteiger partial charge on any atom is -0.444 e. The molecule has 1 spiro atoms. The molecule has 0 aromatic carbocycles. The van der Waals surface area contributed by atoms with Crippen LogP contribution in [0.5, 0.6) is 0 Å². The van der Waals surface area contributed by atoms with Crippen molar-refractivity contribution in [3.63, 3.8) is 0 Å². The fraction of sp³-hybridized carbons (Fsp3) is 0.944. The highest BCUT2D eigenvalue weighted by molar-refractivity contribution is 7.90. The third-order valence-corrected chi connectivity index (χ3v) is 7.44. The van der Waals surface area contributed by atoms with Gasteiger partial charge in [0.1, 0.15) is 5.60 Å². The molecule has 1 amide bonds. The highest BCUT2D eigenvalue weighted by atomic mass is 32.2. The maximum atomic E-state index is 12.7. The van der Waals surface area contributed by atoms with E-state index in [-0.39, 0.29) is 23.7 Å². The second kappa shape index (κ2) is 6.95. The highest BCUT2D eigenvalue weighted by Crippen LogP contribution is 2.43. The number of likely N-dealkylation sites (tertiary alicyclic amines) is 1. The molecule has 2 aliphatic heterocycles. The molecule has 2 heterocycles. The quantitative estimate of drug-likeness (QED) is 0.783. The van der Waals surface area contributed by atoms with Crippen LogP contribution in [0.1, 0.15) is 61.3 Å². The summed E-state index contributed by atoms with van der Waals surface area (Å²) in [6, 6.07) is -0.285. The largest absolute Gasteiger partial charge is 0.444 e. The molecule has 2 fully saturated rings. The van der Waals surface area contributed by atoms with Crippen LogP contribution >= 0.6 is 0 Å². The Morgan fingerprint density at radius 2 is 1.69 bits per heavy atom. The van der Waals surface area contributed by atoms with Crippen LogP contribution < -0.4 is 4.72 Å². The van der Waals surface area contributed by atoms with Crippen molar-refractivity contribution in [2.45, 2.75) is 83.8 Å². The van der Waals surface area contributed by atoms with Crippen molar-refractivity contribution in [2.24, 2.45) is 5.41 Å². The van der Waals surface area contributed by atoms with Gasteiger partial charge >= 0.3 is 6.09 Å². The van der Waals surface area contributed by atoms with E-state index in [1.807, 2.05) is 27.7 Å². The number of carbonyl (C=O) groups is 1. The first kappa shape index (κ1) is 21.4. The number of rotatable bonds is 2. The predicted octanol–water partition coefficient (Wildman–Crippen LogP) is 2.51. The molecule has 2 atom stereocenters. The molecule has 0 radical (unpaired) electrons. The Labute approximate surface area is 157 Å². The summed E-state index contributed by atoms with van der Waals surface area (Å²) < 4.78 is 38.6. The van der Waals surface area contributed by atoms with E-state index in [4.69, 9.17) is 9.47 Å². The van der Waals surface area contributed by atoms with Crippen molar-refractivity contribution in [2.75, 3.05) is 19.7 Å². The van der Waals surface area contributed by atoms with Crippen LogP contribution in [0.4, 0.5) is 4.79 Å². The molecule has 7 nitrogen and oxygen atoms in total. The lowest BCUT2D eigenvalue weighted by atomic mass is 9.73. The Balaban J connectivity index is 2.09. The molecule has 0 aromatic rings. The van der Waals surface area contributed by atoms with E-state index < -0.39 is 20.4 Å². The van der Waals surface area contributed by atoms with Gasteiger partial charge in [-0.15, -0.1) is 0 Å². The van der Waals surface area contributed by atoms with Crippen LogP contribution in [0.25, 0.3) is 0 Å². The van der Waals surface area contributed by atoms with Crippen LogP contribution in [-0.2, 0) is 19.5 Å². The maximum Gasteiger partial charge on any atom is 0.410 e. The predicted molar refractivity (Wildman–Crippen MR) is 100 cm³/mol. The Kier molecular flexibility index (Phi) is 5.73. The molecule has 0 aliphatic carbocycles. The van der Waals surface area contributed by atoms with E-state index in [2.05, 4.69) is 4.72 Å². The molecule has 26 heavy (non-hydrogen) atoms. The molecule has 2 rings (SSSR count). The van der Waals surface area contributed by atoms with Gasteiger partial charge in [-0.25, -0.2) is 17.9 Å². The molecule has 2 aliphatic rings. The first-order chi connectivity index (χ1) is 11.7. The van der Waals surface area contributed by atoms with Crippen molar-refractivity contribution in [1.29, 1.82) is 0 Å². The van der Waals surface area contributed by atoms with E-state index in [0.29, 0.717) is 32.5 Å². The zero-order valence-electron chi connectivity index (χ0n) is 17.1. The summed E-state index contributed by atoms with van der Waals surface area (Å²) in [5.74, 6) is 0. The summed E-state index contributed by atoms with van der Waals surface area (Å²) in [6.07, 6.45) is 0.869. The standard InChI is InChI=1S/C18H34N2O5S/c1-13-14(19-26(22,23)17(5,6)7)18(12-24-13)8-10-20(11-9-18)15(21)25-16(2,3)4/h13-14,19H,8-12H2,1-7H3. The van der Waals surface area contributed by atoms with Crippen molar-refractivity contribution >= 4 is 16.1 Å². The molecule has 0 saturated carbocycles. The molecular formula is C18H34N2O5S.